The zero-order valence-corrected chi connectivity index (χ0v) is 18.6. The normalized spacial score (nSPS) is 15.1. The predicted octanol–water partition coefficient (Wildman–Crippen LogP) is 4.49. The van der Waals surface area contributed by atoms with Crippen molar-refractivity contribution in [2.75, 3.05) is 32.2 Å². The first-order valence-electron chi connectivity index (χ1n) is 10.6. The number of ether oxygens (including phenoxy) is 3. The Balaban J connectivity index is 1.97. The van der Waals surface area contributed by atoms with Crippen LogP contribution in [0, 0.1) is 6.92 Å². The molecule has 1 aliphatic rings. The number of methoxy groups -OCH3 is 1. The van der Waals surface area contributed by atoms with Gasteiger partial charge in [0.1, 0.15) is 0 Å². The van der Waals surface area contributed by atoms with Crippen molar-refractivity contribution >= 4 is 17.7 Å². The second-order valence-electron chi connectivity index (χ2n) is 7.35. The molecule has 2 aromatic rings. The minimum absolute atomic E-state index is 0.0598. The Hall–Kier alpha value is -3.22. The molecule has 0 aromatic heterocycles. The molecule has 166 valence electrons. The molecule has 1 N–H and O–H groups in total. The molecule has 7 nitrogen and oxygen atoms in total. The Morgan fingerprint density at radius 3 is 2.42 bits per heavy atom. The van der Waals surface area contributed by atoms with Crippen molar-refractivity contribution in [3.05, 3.63) is 53.1 Å². The summed E-state index contributed by atoms with van der Waals surface area (Å²) in [5.74, 6) is 0.912. The molecule has 0 aliphatic carbocycles. The van der Waals surface area contributed by atoms with E-state index in [0.717, 1.165) is 22.4 Å². The summed E-state index contributed by atoms with van der Waals surface area (Å²) in [5, 5.41) is 2.98. The number of anilines is 1. The first-order valence-corrected chi connectivity index (χ1v) is 10.6. The van der Waals surface area contributed by atoms with Crippen molar-refractivity contribution in [1.82, 2.24) is 4.90 Å². The van der Waals surface area contributed by atoms with Crippen molar-refractivity contribution < 1.29 is 23.8 Å². The summed E-state index contributed by atoms with van der Waals surface area (Å²) in [5.41, 5.74) is 3.64. The predicted molar refractivity (Wildman–Crippen MR) is 119 cm³/mol. The number of hydrogen-bond donors (Lipinski definition) is 1. The van der Waals surface area contributed by atoms with Crippen LogP contribution in [0.2, 0.25) is 0 Å². The molecule has 7 heteroatoms. The van der Waals surface area contributed by atoms with Crippen LogP contribution in [-0.2, 0) is 16.0 Å². The van der Waals surface area contributed by atoms with Gasteiger partial charge in [-0.1, -0.05) is 18.2 Å². The molecule has 0 radical (unpaired) electrons. The van der Waals surface area contributed by atoms with Gasteiger partial charge < -0.3 is 24.4 Å². The number of urea groups is 1. The van der Waals surface area contributed by atoms with Gasteiger partial charge in [0.05, 0.1) is 32.8 Å². The topological polar surface area (TPSA) is 77.1 Å². The lowest BCUT2D eigenvalue weighted by atomic mass is 9.90. The Morgan fingerprint density at radius 1 is 1.10 bits per heavy atom. The van der Waals surface area contributed by atoms with Crippen molar-refractivity contribution in [3.8, 4) is 11.5 Å². The molecule has 1 atom stereocenters. The number of aryl methyl sites for hydroxylation is 1. The van der Waals surface area contributed by atoms with Crippen LogP contribution >= 0.6 is 0 Å². The Morgan fingerprint density at radius 2 is 1.77 bits per heavy atom. The van der Waals surface area contributed by atoms with Crippen LogP contribution in [-0.4, -0.2) is 43.8 Å². The highest BCUT2D eigenvalue weighted by molar-refractivity contribution is 5.91. The van der Waals surface area contributed by atoms with Crippen molar-refractivity contribution in [2.45, 2.75) is 39.7 Å². The Labute approximate surface area is 183 Å². The largest absolute Gasteiger partial charge is 0.490 e. The average Bonchev–Trinajstić information content (AvgIpc) is 2.76. The van der Waals surface area contributed by atoms with Gasteiger partial charge in [-0.25, -0.2) is 4.79 Å². The molecule has 1 heterocycles. The maximum atomic E-state index is 13.2. The summed E-state index contributed by atoms with van der Waals surface area (Å²) < 4.78 is 16.5. The van der Waals surface area contributed by atoms with Gasteiger partial charge in [-0.05, 0) is 62.1 Å². The number of nitrogens with zero attached hydrogens (tertiary/aromatic N) is 1. The summed E-state index contributed by atoms with van der Waals surface area (Å²) >= 11 is 0. The molecular weight excluding hydrogens is 396 g/mol. The highest BCUT2D eigenvalue weighted by atomic mass is 16.5. The summed E-state index contributed by atoms with van der Waals surface area (Å²) in [4.78, 5) is 27.1. The van der Waals surface area contributed by atoms with Crippen molar-refractivity contribution in [3.63, 3.8) is 0 Å². The van der Waals surface area contributed by atoms with E-state index in [1.165, 1.54) is 7.11 Å². The third-order valence-electron chi connectivity index (χ3n) is 5.40. The number of carbonyl (C=O) groups excluding carboxylic acids is 2. The van der Waals surface area contributed by atoms with Crippen LogP contribution in [0.3, 0.4) is 0 Å². The highest BCUT2D eigenvalue weighted by Crippen LogP contribution is 2.40. The highest BCUT2D eigenvalue weighted by Gasteiger charge is 2.34. The molecule has 0 bridgehead atoms. The minimum atomic E-state index is -0.463. The maximum absolute atomic E-state index is 13.2. The maximum Gasteiger partial charge on any atom is 0.322 e. The summed E-state index contributed by atoms with van der Waals surface area (Å²) in [7, 11) is 1.35. The van der Waals surface area contributed by atoms with Gasteiger partial charge >= 0.3 is 12.0 Å². The van der Waals surface area contributed by atoms with Crippen LogP contribution in [0.1, 0.15) is 43.0 Å². The van der Waals surface area contributed by atoms with E-state index >= 15 is 0 Å². The van der Waals surface area contributed by atoms with Gasteiger partial charge in [0.2, 0.25) is 0 Å². The molecular formula is C24H30N2O5. The fourth-order valence-electron chi connectivity index (χ4n) is 3.85. The van der Waals surface area contributed by atoms with Crippen molar-refractivity contribution in [1.29, 1.82) is 0 Å². The number of carbonyl (C=O) groups is 2. The van der Waals surface area contributed by atoms with Crippen LogP contribution in [0.15, 0.2) is 36.4 Å². The zero-order valence-electron chi connectivity index (χ0n) is 18.6. The number of benzene rings is 2. The lowest BCUT2D eigenvalue weighted by Crippen LogP contribution is -2.43. The first kappa shape index (κ1) is 22.5. The molecule has 1 aliphatic heterocycles. The summed E-state index contributed by atoms with van der Waals surface area (Å²) in [6.07, 6.45) is 0.713. The van der Waals surface area contributed by atoms with E-state index in [9.17, 15) is 9.59 Å². The molecule has 0 fully saturated rings. The number of esters is 1. The van der Waals surface area contributed by atoms with Crippen LogP contribution in [0.25, 0.3) is 0 Å². The number of para-hydroxylation sites is 1. The van der Waals surface area contributed by atoms with Gasteiger partial charge in [-0.3, -0.25) is 4.79 Å². The van der Waals surface area contributed by atoms with E-state index in [0.29, 0.717) is 37.7 Å². The standard InChI is InChI=1S/C24H30N2O5/c1-5-30-21-13-17-11-12-26(24(28)25-19-10-8-7-9-16(19)3)20(15-23(27)29-4)18(17)14-22(21)31-6-2/h7-10,13-14,20H,5-6,11-12,15H2,1-4H3,(H,25,28)/t20-/m0/s1. The molecule has 0 unspecified atom stereocenters. The van der Waals surface area contributed by atoms with E-state index in [1.807, 2.05) is 57.2 Å². The number of fused-ring (bicyclic) bond motifs is 1. The smallest absolute Gasteiger partial charge is 0.322 e. The molecule has 0 saturated carbocycles. The van der Waals surface area contributed by atoms with E-state index in [-0.39, 0.29) is 18.4 Å². The third kappa shape index (κ3) is 5.10. The van der Waals surface area contributed by atoms with Gasteiger partial charge in [-0.15, -0.1) is 0 Å². The molecule has 2 aromatic carbocycles. The van der Waals surface area contributed by atoms with Crippen LogP contribution in [0.4, 0.5) is 10.5 Å². The minimum Gasteiger partial charge on any atom is -0.490 e. The lowest BCUT2D eigenvalue weighted by molar-refractivity contribution is -0.141. The molecule has 31 heavy (non-hydrogen) atoms. The van der Waals surface area contributed by atoms with Gasteiger partial charge in [0.15, 0.2) is 11.5 Å². The van der Waals surface area contributed by atoms with Gasteiger partial charge in [0.25, 0.3) is 0 Å². The van der Waals surface area contributed by atoms with Gasteiger partial charge in [-0.2, -0.15) is 0 Å². The second kappa shape index (κ2) is 10.2. The molecule has 0 spiro atoms. The summed E-state index contributed by atoms with van der Waals surface area (Å²) in [6, 6.07) is 10.8. The molecule has 0 saturated heterocycles. The second-order valence-corrected chi connectivity index (χ2v) is 7.35. The van der Waals surface area contributed by atoms with Gasteiger partial charge in [0, 0.05) is 12.2 Å². The van der Waals surface area contributed by atoms with Crippen molar-refractivity contribution in [2.24, 2.45) is 0 Å². The number of amides is 2. The third-order valence-corrected chi connectivity index (χ3v) is 5.40. The van der Waals surface area contributed by atoms with E-state index in [4.69, 9.17) is 14.2 Å². The first-order chi connectivity index (χ1) is 15.0. The van der Waals surface area contributed by atoms with Crippen LogP contribution < -0.4 is 14.8 Å². The molecule has 2 amide bonds. The zero-order chi connectivity index (χ0) is 22.4. The monoisotopic (exact) mass is 426 g/mol. The summed E-state index contributed by atoms with van der Waals surface area (Å²) in [6.45, 7) is 7.26. The van der Waals surface area contributed by atoms with E-state index < -0.39 is 6.04 Å². The average molecular weight is 427 g/mol. The fraction of sp³-hybridized carbons (Fsp3) is 0.417. The van der Waals surface area contributed by atoms with E-state index in [1.54, 1.807) is 4.90 Å². The molecule has 3 rings (SSSR count). The number of rotatable bonds is 7. The van der Waals surface area contributed by atoms with E-state index in [2.05, 4.69) is 5.32 Å². The number of nitrogens with one attached hydrogen (secondary N) is 1. The fourth-order valence-corrected chi connectivity index (χ4v) is 3.85. The number of hydrogen-bond acceptors (Lipinski definition) is 5. The van der Waals surface area contributed by atoms with Crippen LogP contribution in [0.5, 0.6) is 11.5 Å². The Kier molecular flexibility index (Phi) is 7.39. The lowest BCUT2D eigenvalue weighted by Gasteiger charge is -2.37. The quantitative estimate of drug-likeness (QED) is 0.660. The Bertz CT molecular complexity index is 944. The SMILES string of the molecule is CCOc1cc2c(cc1OCC)[C@H](CC(=O)OC)N(C(=O)Nc1ccccc1C)CC2.